The molecule has 24 heavy (non-hydrogen) atoms. The van der Waals surface area contributed by atoms with Crippen LogP contribution < -0.4 is 11.1 Å². The molecule has 144 valence electrons. The van der Waals surface area contributed by atoms with Crippen molar-refractivity contribution in [2.45, 2.75) is 56.9 Å². The van der Waals surface area contributed by atoms with Crippen LogP contribution in [0.1, 0.15) is 51.4 Å². The van der Waals surface area contributed by atoms with Crippen molar-refractivity contribution >= 4 is 30.7 Å². The molecule has 0 aromatic heterocycles. The SMILES string of the molecule is CN(C)C1(CNC(=O)C2(CN)CCOCC2)CCCCCC1.Cl.Cl. The Kier molecular flexibility index (Phi) is 10.8. The maximum Gasteiger partial charge on any atom is 0.227 e. The van der Waals surface area contributed by atoms with Crippen LogP contribution in [0.5, 0.6) is 0 Å². The zero-order chi connectivity index (χ0) is 16.1. The zero-order valence-electron chi connectivity index (χ0n) is 15.1. The van der Waals surface area contributed by atoms with Crippen molar-refractivity contribution in [1.82, 2.24) is 10.2 Å². The monoisotopic (exact) mass is 383 g/mol. The van der Waals surface area contributed by atoms with Crippen molar-refractivity contribution in [2.24, 2.45) is 11.1 Å². The van der Waals surface area contributed by atoms with Gasteiger partial charge in [0.15, 0.2) is 0 Å². The highest BCUT2D eigenvalue weighted by molar-refractivity contribution is 5.85. The number of rotatable bonds is 5. The number of likely N-dealkylation sites (N-methyl/N-ethyl adjacent to an activating group) is 1. The molecule has 0 bridgehead atoms. The molecule has 0 aromatic rings. The maximum absolute atomic E-state index is 12.8. The van der Waals surface area contributed by atoms with Crippen molar-refractivity contribution in [1.29, 1.82) is 0 Å². The molecule has 2 aliphatic rings. The number of halogens is 2. The second-order valence-electron chi connectivity index (χ2n) is 7.31. The van der Waals surface area contributed by atoms with Gasteiger partial charge in [0.1, 0.15) is 0 Å². The van der Waals surface area contributed by atoms with E-state index in [2.05, 4.69) is 24.3 Å². The molecule has 0 aromatic carbocycles. The minimum Gasteiger partial charge on any atom is -0.381 e. The molecule has 1 saturated carbocycles. The summed E-state index contributed by atoms with van der Waals surface area (Å²) in [5.41, 5.74) is 5.62. The van der Waals surface area contributed by atoms with E-state index >= 15 is 0 Å². The van der Waals surface area contributed by atoms with Crippen molar-refractivity contribution < 1.29 is 9.53 Å². The number of nitrogens with two attached hydrogens (primary N) is 1. The van der Waals surface area contributed by atoms with Gasteiger partial charge in [-0.05, 0) is 39.8 Å². The topological polar surface area (TPSA) is 67.6 Å². The maximum atomic E-state index is 12.8. The lowest BCUT2D eigenvalue weighted by Crippen LogP contribution is -2.56. The molecule has 2 fully saturated rings. The summed E-state index contributed by atoms with van der Waals surface area (Å²) in [5.74, 6) is 0.128. The van der Waals surface area contributed by atoms with E-state index in [9.17, 15) is 4.79 Å². The molecule has 0 spiro atoms. The molecule has 1 heterocycles. The predicted octanol–water partition coefficient (Wildman–Crippen LogP) is 2.36. The van der Waals surface area contributed by atoms with E-state index in [0.717, 1.165) is 19.4 Å². The zero-order valence-corrected chi connectivity index (χ0v) is 16.8. The third-order valence-electron chi connectivity index (χ3n) is 5.88. The fraction of sp³-hybridized carbons (Fsp3) is 0.941. The van der Waals surface area contributed by atoms with Gasteiger partial charge in [0.05, 0.1) is 5.41 Å². The number of amides is 1. The molecule has 1 aliphatic carbocycles. The van der Waals surface area contributed by atoms with Gasteiger partial charge in [0.2, 0.25) is 5.91 Å². The summed E-state index contributed by atoms with van der Waals surface area (Å²) >= 11 is 0. The van der Waals surface area contributed by atoms with Gasteiger partial charge in [-0.1, -0.05) is 25.7 Å². The average Bonchev–Trinajstić information content (AvgIpc) is 2.80. The second kappa shape index (κ2) is 10.8. The van der Waals surface area contributed by atoms with Crippen molar-refractivity contribution in [2.75, 3.05) is 40.4 Å². The Morgan fingerprint density at radius 3 is 2.04 bits per heavy atom. The molecule has 0 atom stereocenters. The first-order chi connectivity index (χ1) is 10.5. The molecule has 1 saturated heterocycles. The fourth-order valence-corrected chi connectivity index (χ4v) is 3.89. The van der Waals surface area contributed by atoms with Crippen LogP contribution in [0.2, 0.25) is 0 Å². The summed E-state index contributed by atoms with van der Waals surface area (Å²) in [4.78, 5) is 15.1. The summed E-state index contributed by atoms with van der Waals surface area (Å²) in [6.07, 6.45) is 8.95. The Hall–Kier alpha value is -0.0700. The van der Waals surface area contributed by atoms with Crippen LogP contribution in [0.15, 0.2) is 0 Å². The first kappa shape index (κ1) is 23.9. The molecular weight excluding hydrogens is 349 g/mol. The Balaban J connectivity index is 0.00000264. The van der Waals surface area contributed by atoms with Crippen LogP contribution in [0.3, 0.4) is 0 Å². The van der Waals surface area contributed by atoms with E-state index in [1.54, 1.807) is 0 Å². The van der Waals surface area contributed by atoms with Gasteiger partial charge in [-0.2, -0.15) is 0 Å². The number of hydrogen-bond donors (Lipinski definition) is 2. The molecule has 3 N–H and O–H groups in total. The standard InChI is InChI=1S/C17H33N3O2.2ClH/c1-20(2)17(7-5-3-4-6-8-17)14-19-15(21)16(13-18)9-11-22-12-10-16;;/h3-14,18H2,1-2H3,(H,19,21);2*1H. The molecule has 0 radical (unpaired) electrons. The minimum atomic E-state index is -0.420. The molecule has 5 nitrogen and oxygen atoms in total. The quantitative estimate of drug-likeness (QED) is 0.714. The molecule has 0 unspecified atom stereocenters. The number of hydrogen-bond acceptors (Lipinski definition) is 4. The number of carbonyl (C=O) groups excluding carboxylic acids is 1. The van der Waals surface area contributed by atoms with E-state index in [1.165, 1.54) is 38.5 Å². The lowest BCUT2D eigenvalue weighted by Gasteiger charge is -2.41. The number of nitrogens with one attached hydrogen (secondary N) is 1. The van der Waals surface area contributed by atoms with E-state index in [1.807, 2.05) is 0 Å². The minimum absolute atomic E-state index is 0. The largest absolute Gasteiger partial charge is 0.381 e. The van der Waals surface area contributed by atoms with Crippen molar-refractivity contribution in [3.8, 4) is 0 Å². The molecule has 2 rings (SSSR count). The molecule has 1 amide bonds. The van der Waals surface area contributed by atoms with Crippen molar-refractivity contribution in [3.05, 3.63) is 0 Å². The van der Waals surface area contributed by atoms with Crippen LogP contribution in [0.25, 0.3) is 0 Å². The van der Waals surface area contributed by atoms with Gasteiger partial charge in [-0.25, -0.2) is 0 Å². The van der Waals surface area contributed by atoms with Crippen LogP contribution in [0.4, 0.5) is 0 Å². The highest BCUT2D eigenvalue weighted by Gasteiger charge is 2.40. The smallest absolute Gasteiger partial charge is 0.227 e. The van der Waals surface area contributed by atoms with Gasteiger partial charge in [-0.15, -0.1) is 24.8 Å². The van der Waals surface area contributed by atoms with Crippen molar-refractivity contribution in [3.63, 3.8) is 0 Å². The Labute approximate surface area is 159 Å². The van der Waals surface area contributed by atoms with Gasteiger partial charge in [-0.3, -0.25) is 4.79 Å². The first-order valence-corrected chi connectivity index (χ1v) is 8.78. The van der Waals surface area contributed by atoms with Crippen LogP contribution in [-0.4, -0.2) is 56.7 Å². The summed E-state index contributed by atoms with van der Waals surface area (Å²) in [6.45, 7) is 2.44. The molecule has 1 aliphatic heterocycles. The Morgan fingerprint density at radius 2 is 1.58 bits per heavy atom. The predicted molar refractivity (Wildman–Crippen MR) is 103 cm³/mol. The van der Waals surface area contributed by atoms with Crippen LogP contribution in [-0.2, 0) is 9.53 Å². The van der Waals surface area contributed by atoms with E-state index < -0.39 is 5.41 Å². The van der Waals surface area contributed by atoms with E-state index in [4.69, 9.17) is 10.5 Å². The third-order valence-corrected chi connectivity index (χ3v) is 5.88. The summed E-state index contributed by atoms with van der Waals surface area (Å²) in [6, 6.07) is 0. The number of ether oxygens (including phenoxy) is 1. The first-order valence-electron chi connectivity index (χ1n) is 8.78. The van der Waals surface area contributed by atoms with Crippen LogP contribution in [0, 0.1) is 5.41 Å². The lowest BCUT2D eigenvalue weighted by molar-refractivity contribution is -0.136. The number of nitrogens with zero attached hydrogens (tertiary/aromatic N) is 1. The van der Waals surface area contributed by atoms with Gasteiger partial charge < -0.3 is 20.7 Å². The second-order valence-corrected chi connectivity index (χ2v) is 7.31. The third kappa shape index (κ3) is 5.46. The average molecular weight is 384 g/mol. The fourth-order valence-electron chi connectivity index (χ4n) is 3.89. The van der Waals surface area contributed by atoms with E-state index in [0.29, 0.717) is 19.8 Å². The summed E-state index contributed by atoms with van der Waals surface area (Å²) in [5, 5.41) is 3.25. The molecule has 7 heteroatoms. The van der Waals surface area contributed by atoms with Gasteiger partial charge >= 0.3 is 0 Å². The van der Waals surface area contributed by atoms with Gasteiger partial charge in [0.25, 0.3) is 0 Å². The summed E-state index contributed by atoms with van der Waals surface area (Å²) < 4.78 is 5.40. The highest BCUT2D eigenvalue weighted by Crippen LogP contribution is 2.32. The number of carbonyl (C=O) groups is 1. The Bertz CT molecular complexity index is 367. The molecular formula is C17H35Cl2N3O2. The van der Waals surface area contributed by atoms with Gasteiger partial charge in [0, 0.05) is 31.8 Å². The normalized spacial score (nSPS) is 22.7. The lowest BCUT2D eigenvalue weighted by atomic mass is 9.79. The highest BCUT2D eigenvalue weighted by atomic mass is 35.5. The summed E-state index contributed by atoms with van der Waals surface area (Å²) in [7, 11) is 4.29. The Morgan fingerprint density at radius 1 is 1.04 bits per heavy atom. The van der Waals surface area contributed by atoms with Crippen LogP contribution >= 0.6 is 24.8 Å². The van der Waals surface area contributed by atoms with E-state index in [-0.39, 0.29) is 36.3 Å².